The normalized spacial score (nSPS) is 14.9. The number of halogens is 3. The number of carbonyl (C=O) groups is 1. The molecule has 2 N–H and O–H groups in total. The van der Waals surface area contributed by atoms with E-state index < -0.39 is 29.9 Å². The van der Waals surface area contributed by atoms with Crippen LogP contribution in [0.5, 0.6) is 0 Å². The molecular formula is C12H13F3O4. The number of carbonyl (C=O) groups excluding carboxylic acids is 1. The topological polar surface area (TPSA) is 66.8 Å². The number of alkyl halides is 3. The molecular weight excluding hydrogens is 265 g/mol. The summed E-state index contributed by atoms with van der Waals surface area (Å²) in [5.74, 6) is -1.06. The van der Waals surface area contributed by atoms with E-state index in [0.717, 1.165) is 25.3 Å². The molecule has 4 nitrogen and oxygen atoms in total. The lowest BCUT2D eigenvalue weighted by Gasteiger charge is -2.19. The van der Waals surface area contributed by atoms with Gasteiger partial charge in [0.15, 0.2) is 6.10 Å². The SMILES string of the molecule is COC(=O)C(O)C(O)c1ccc(C(F)(F)F)cc1C. The summed E-state index contributed by atoms with van der Waals surface area (Å²) in [5, 5.41) is 19.2. The molecule has 0 spiro atoms. The molecule has 2 unspecified atom stereocenters. The molecule has 0 aliphatic heterocycles. The fourth-order valence-corrected chi connectivity index (χ4v) is 1.60. The van der Waals surface area contributed by atoms with Crippen LogP contribution < -0.4 is 0 Å². The van der Waals surface area contributed by atoms with Gasteiger partial charge in [0.2, 0.25) is 0 Å². The van der Waals surface area contributed by atoms with Crippen LogP contribution in [0.15, 0.2) is 18.2 Å². The summed E-state index contributed by atoms with van der Waals surface area (Å²) < 4.78 is 41.6. The minimum Gasteiger partial charge on any atom is -0.467 e. The Kier molecular flexibility index (Phi) is 4.54. The van der Waals surface area contributed by atoms with E-state index >= 15 is 0 Å². The summed E-state index contributed by atoms with van der Waals surface area (Å²) >= 11 is 0. The Morgan fingerprint density at radius 2 is 1.89 bits per heavy atom. The number of hydrogen-bond donors (Lipinski definition) is 2. The molecule has 0 aromatic heterocycles. The molecule has 1 aromatic carbocycles. The van der Waals surface area contributed by atoms with Crippen molar-refractivity contribution in [1.29, 1.82) is 0 Å². The van der Waals surface area contributed by atoms with Crippen LogP contribution in [0.2, 0.25) is 0 Å². The number of aliphatic hydroxyl groups excluding tert-OH is 2. The van der Waals surface area contributed by atoms with Crippen LogP contribution in [0.4, 0.5) is 13.2 Å². The summed E-state index contributed by atoms with van der Waals surface area (Å²) in [6, 6.07) is 2.63. The molecule has 1 aromatic rings. The Bertz CT molecular complexity index is 471. The lowest BCUT2D eigenvalue weighted by Crippen LogP contribution is -2.29. The van der Waals surface area contributed by atoms with Gasteiger partial charge >= 0.3 is 12.1 Å². The van der Waals surface area contributed by atoms with Crippen molar-refractivity contribution < 1.29 is 32.9 Å². The standard InChI is InChI=1S/C12H13F3O4/c1-6-5-7(12(13,14)15)3-4-8(6)9(16)10(17)11(18)19-2/h3-5,9-10,16-17H,1-2H3. The third-order valence-electron chi connectivity index (χ3n) is 2.66. The van der Waals surface area contributed by atoms with Gasteiger partial charge in [-0.2, -0.15) is 13.2 Å². The largest absolute Gasteiger partial charge is 0.467 e. The molecule has 0 bridgehead atoms. The van der Waals surface area contributed by atoms with Crippen molar-refractivity contribution in [2.75, 3.05) is 7.11 Å². The van der Waals surface area contributed by atoms with Crippen LogP contribution in [-0.4, -0.2) is 29.4 Å². The van der Waals surface area contributed by atoms with Crippen LogP contribution in [0.3, 0.4) is 0 Å². The van der Waals surface area contributed by atoms with E-state index in [1.165, 1.54) is 6.92 Å². The number of aryl methyl sites for hydroxylation is 1. The second-order valence-corrected chi connectivity index (χ2v) is 3.98. The van der Waals surface area contributed by atoms with Gasteiger partial charge in [-0.1, -0.05) is 6.07 Å². The Balaban J connectivity index is 3.06. The quantitative estimate of drug-likeness (QED) is 0.824. The molecule has 0 radical (unpaired) electrons. The molecule has 1 rings (SSSR count). The van der Waals surface area contributed by atoms with Gasteiger partial charge in [0.25, 0.3) is 0 Å². The van der Waals surface area contributed by atoms with Crippen molar-refractivity contribution in [3.63, 3.8) is 0 Å². The highest BCUT2D eigenvalue weighted by Gasteiger charge is 2.32. The maximum Gasteiger partial charge on any atom is 0.416 e. The fraction of sp³-hybridized carbons (Fsp3) is 0.417. The van der Waals surface area contributed by atoms with E-state index in [2.05, 4.69) is 4.74 Å². The smallest absolute Gasteiger partial charge is 0.416 e. The van der Waals surface area contributed by atoms with Gasteiger partial charge in [-0.05, 0) is 30.2 Å². The monoisotopic (exact) mass is 278 g/mol. The van der Waals surface area contributed by atoms with E-state index in [-0.39, 0.29) is 11.1 Å². The number of ether oxygens (including phenoxy) is 1. The first-order chi connectivity index (χ1) is 8.68. The molecule has 106 valence electrons. The van der Waals surface area contributed by atoms with Gasteiger partial charge in [0, 0.05) is 0 Å². The van der Waals surface area contributed by atoms with Crippen molar-refractivity contribution in [3.05, 3.63) is 34.9 Å². The summed E-state index contributed by atoms with van der Waals surface area (Å²) in [5.41, 5.74) is -0.718. The van der Waals surface area contributed by atoms with Crippen LogP contribution in [0.1, 0.15) is 22.8 Å². The number of esters is 1. The van der Waals surface area contributed by atoms with Crippen molar-refractivity contribution >= 4 is 5.97 Å². The van der Waals surface area contributed by atoms with E-state index in [1.807, 2.05) is 0 Å². The number of aliphatic hydroxyl groups is 2. The van der Waals surface area contributed by atoms with E-state index in [9.17, 15) is 28.2 Å². The molecule has 7 heteroatoms. The van der Waals surface area contributed by atoms with Crippen molar-refractivity contribution in [1.82, 2.24) is 0 Å². The maximum absolute atomic E-state index is 12.5. The summed E-state index contributed by atoms with van der Waals surface area (Å²) in [6.07, 6.45) is -7.98. The first-order valence-corrected chi connectivity index (χ1v) is 5.30. The lowest BCUT2D eigenvalue weighted by molar-refractivity contribution is -0.156. The van der Waals surface area contributed by atoms with Gasteiger partial charge in [-0.25, -0.2) is 4.79 Å². The number of rotatable bonds is 3. The highest BCUT2D eigenvalue weighted by molar-refractivity contribution is 5.75. The molecule has 0 saturated carbocycles. The zero-order chi connectivity index (χ0) is 14.8. The average molecular weight is 278 g/mol. The minimum absolute atomic E-state index is 0.0332. The average Bonchev–Trinajstić information content (AvgIpc) is 2.34. The molecule has 0 aliphatic rings. The molecule has 0 fully saturated rings. The van der Waals surface area contributed by atoms with E-state index in [0.29, 0.717) is 0 Å². The maximum atomic E-state index is 12.5. The fourth-order valence-electron chi connectivity index (χ4n) is 1.60. The van der Waals surface area contributed by atoms with Gasteiger partial charge < -0.3 is 14.9 Å². The molecule has 19 heavy (non-hydrogen) atoms. The third-order valence-corrected chi connectivity index (χ3v) is 2.66. The van der Waals surface area contributed by atoms with Crippen molar-refractivity contribution in [2.45, 2.75) is 25.3 Å². The van der Waals surface area contributed by atoms with Gasteiger partial charge in [0.1, 0.15) is 6.10 Å². The highest BCUT2D eigenvalue weighted by atomic mass is 19.4. The lowest BCUT2D eigenvalue weighted by atomic mass is 9.97. The predicted octanol–water partition coefficient (Wildman–Crippen LogP) is 1.58. The molecule has 0 aliphatic carbocycles. The van der Waals surface area contributed by atoms with Crippen molar-refractivity contribution in [3.8, 4) is 0 Å². The Morgan fingerprint density at radius 1 is 1.32 bits per heavy atom. The molecule has 0 heterocycles. The molecule has 0 amide bonds. The zero-order valence-corrected chi connectivity index (χ0v) is 10.2. The van der Waals surface area contributed by atoms with E-state index in [1.54, 1.807) is 0 Å². The summed E-state index contributed by atoms with van der Waals surface area (Å²) in [4.78, 5) is 11.1. The minimum atomic E-state index is -4.49. The van der Waals surface area contributed by atoms with Crippen LogP contribution in [-0.2, 0) is 15.7 Å². The van der Waals surface area contributed by atoms with E-state index in [4.69, 9.17) is 0 Å². The van der Waals surface area contributed by atoms with Crippen LogP contribution >= 0.6 is 0 Å². The number of hydrogen-bond acceptors (Lipinski definition) is 4. The summed E-state index contributed by atoms with van der Waals surface area (Å²) in [6.45, 7) is 1.35. The Hall–Kier alpha value is -1.60. The van der Waals surface area contributed by atoms with Crippen molar-refractivity contribution in [2.24, 2.45) is 0 Å². The van der Waals surface area contributed by atoms with Gasteiger partial charge in [0.05, 0.1) is 12.7 Å². The van der Waals surface area contributed by atoms with Gasteiger partial charge in [-0.15, -0.1) is 0 Å². The third kappa shape index (κ3) is 3.45. The first kappa shape index (κ1) is 15.5. The Morgan fingerprint density at radius 3 is 2.32 bits per heavy atom. The van der Waals surface area contributed by atoms with Crippen LogP contribution in [0, 0.1) is 6.92 Å². The molecule has 2 atom stereocenters. The second-order valence-electron chi connectivity index (χ2n) is 3.98. The second kappa shape index (κ2) is 5.58. The zero-order valence-electron chi connectivity index (χ0n) is 10.2. The number of benzene rings is 1. The van der Waals surface area contributed by atoms with Crippen LogP contribution in [0.25, 0.3) is 0 Å². The highest BCUT2D eigenvalue weighted by Crippen LogP contribution is 2.32. The first-order valence-electron chi connectivity index (χ1n) is 5.30. The molecule has 0 saturated heterocycles. The predicted molar refractivity (Wildman–Crippen MR) is 59.2 cm³/mol. The van der Waals surface area contributed by atoms with Gasteiger partial charge in [-0.3, -0.25) is 0 Å². The Labute approximate surface area is 107 Å². The number of methoxy groups -OCH3 is 1. The summed E-state index contributed by atoms with van der Waals surface area (Å²) in [7, 11) is 1.03.